The molecule has 2 rings (SSSR count). The first-order chi connectivity index (χ1) is 10.4. The van der Waals surface area contributed by atoms with E-state index in [-0.39, 0.29) is 16.7 Å². The Bertz CT molecular complexity index is 648. The lowest BCUT2D eigenvalue weighted by Crippen LogP contribution is -2.08. The van der Waals surface area contributed by atoms with E-state index in [4.69, 9.17) is 11.6 Å². The topological polar surface area (TPSA) is 62.7 Å². The molecule has 5 nitrogen and oxygen atoms in total. The normalized spacial score (nSPS) is 11.3. The van der Waals surface area contributed by atoms with E-state index in [1.165, 1.54) is 12.3 Å². The number of hydrogen-bond donors (Lipinski definition) is 2. The Balaban J connectivity index is 2.23. The molecular weight excluding hydrogens is 319 g/mol. The lowest BCUT2D eigenvalue weighted by Gasteiger charge is -2.11. The predicted molar refractivity (Wildman–Crippen MR) is 78.3 cm³/mol. The number of halogens is 4. The first-order valence-electron chi connectivity index (χ1n) is 6.47. The summed E-state index contributed by atoms with van der Waals surface area (Å²) in [6.07, 6.45) is -2.13. The summed E-state index contributed by atoms with van der Waals surface area (Å²) >= 11 is 5.90. The third kappa shape index (κ3) is 4.20. The van der Waals surface area contributed by atoms with Crippen molar-refractivity contribution in [3.05, 3.63) is 35.0 Å². The van der Waals surface area contributed by atoms with Gasteiger partial charge in [0.05, 0.1) is 22.5 Å². The SMILES string of the molecule is CCCNc1cnnc(Nc2cc(C(F)(F)F)ccc2Cl)n1. The first-order valence-corrected chi connectivity index (χ1v) is 6.85. The molecule has 2 N–H and O–H groups in total. The number of rotatable bonds is 5. The van der Waals surface area contributed by atoms with Crippen LogP contribution in [0, 0.1) is 0 Å². The molecule has 22 heavy (non-hydrogen) atoms. The molecule has 0 amide bonds. The molecule has 1 aromatic carbocycles. The van der Waals surface area contributed by atoms with Crippen LogP contribution in [-0.4, -0.2) is 21.7 Å². The summed E-state index contributed by atoms with van der Waals surface area (Å²) in [5.74, 6) is 0.532. The Labute approximate surface area is 129 Å². The molecule has 0 bridgehead atoms. The lowest BCUT2D eigenvalue weighted by atomic mass is 10.2. The third-order valence-electron chi connectivity index (χ3n) is 2.66. The molecule has 0 unspecified atom stereocenters. The van der Waals surface area contributed by atoms with E-state index in [0.29, 0.717) is 12.4 Å². The van der Waals surface area contributed by atoms with Crippen molar-refractivity contribution in [2.24, 2.45) is 0 Å². The predicted octanol–water partition coefficient (Wildman–Crippen LogP) is 4.11. The van der Waals surface area contributed by atoms with Crippen LogP contribution in [0.1, 0.15) is 18.9 Å². The van der Waals surface area contributed by atoms with Gasteiger partial charge in [0.15, 0.2) is 5.82 Å². The van der Waals surface area contributed by atoms with Gasteiger partial charge in [-0.15, -0.1) is 5.10 Å². The molecule has 1 heterocycles. The van der Waals surface area contributed by atoms with Crippen LogP contribution >= 0.6 is 11.6 Å². The van der Waals surface area contributed by atoms with Crippen molar-refractivity contribution in [2.75, 3.05) is 17.2 Å². The molecule has 0 saturated carbocycles. The molecule has 0 fully saturated rings. The Morgan fingerprint density at radius 3 is 2.73 bits per heavy atom. The van der Waals surface area contributed by atoms with Crippen molar-refractivity contribution < 1.29 is 13.2 Å². The fourth-order valence-corrected chi connectivity index (χ4v) is 1.78. The molecule has 0 aliphatic carbocycles. The average molecular weight is 332 g/mol. The van der Waals surface area contributed by atoms with Gasteiger partial charge in [-0.25, -0.2) is 0 Å². The fourth-order valence-electron chi connectivity index (χ4n) is 1.61. The van der Waals surface area contributed by atoms with Crippen molar-refractivity contribution in [3.8, 4) is 0 Å². The molecule has 0 radical (unpaired) electrons. The Morgan fingerprint density at radius 2 is 2.05 bits per heavy atom. The van der Waals surface area contributed by atoms with Crippen LogP contribution in [0.25, 0.3) is 0 Å². The summed E-state index contributed by atoms with van der Waals surface area (Å²) < 4.78 is 38.2. The number of anilines is 3. The second-order valence-corrected chi connectivity index (χ2v) is 4.82. The number of benzene rings is 1. The highest BCUT2D eigenvalue weighted by atomic mass is 35.5. The number of nitrogens with zero attached hydrogens (tertiary/aromatic N) is 3. The maximum absolute atomic E-state index is 12.7. The van der Waals surface area contributed by atoms with Gasteiger partial charge in [0.25, 0.3) is 0 Å². The first kappa shape index (κ1) is 16.3. The van der Waals surface area contributed by atoms with Crippen molar-refractivity contribution >= 4 is 29.1 Å². The molecule has 0 spiro atoms. The van der Waals surface area contributed by atoms with Gasteiger partial charge in [0, 0.05) is 6.54 Å². The number of aromatic nitrogens is 3. The van der Waals surface area contributed by atoms with Crippen molar-refractivity contribution in [1.82, 2.24) is 15.2 Å². The zero-order valence-electron chi connectivity index (χ0n) is 11.6. The van der Waals surface area contributed by atoms with Gasteiger partial charge in [-0.2, -0.15) is 23.3 Å². The molecule has 1 aromatic heterocycles. The highest BCUT2D eigenvalue weighted by Crippen LogP contribution is 2.34. The maximum atomic E-state index is 12.7. The van der Waals surface area contributed by atoms with E-state index in [1.54, 1.807) is 0 Å². The van der Waals surface area contributed by atoms with E-state index < -0.39 is 11.7 Å². The summed E-state index contributed by atoms with van der Waals surface area (Å²) in [7, 11) is 0. The molecule has 0 saturated heterocycles. The zero-order chi connectivity index (χ0) is 16.2. The van der Waals surface area contributed by atoms with Crippen molar-refractivity contribution in [1.29, 1.82) is 0 Å². The van der Waals surface area contributed by atoms with E-state index in [1.807, 2.05) is 6.92 Å². The molecule has 0 atom stereocenters. The number of nitrogens with one attached hydrogen (secondary N) is 2. The molecular formula is C13H13ClF3N5. The Hall–Kier alpha value is -2.09. The minimum atomic E-state index is -4.45. The van der Waals surface area contributed by atoms with Crippen LogP contribution in [0.4, 0.5) is 30.6 Å². The van der Waals surface area contributed by atoms with Crippen LogP contribution in [0.3, 0.4) is 0 Å². The molecule has 0 aliphatic heterocycles. The summed E-state index contributed by atoms with van der Waals surface area (Å²) in [5.41, 5.74) is -0.751. The summed E-state index contributed by atoms with van der Waals surface area (Å²) in [6, 6.07) is 2.98. The average Bonchev–Trinajstić information content (AvgIpc) is 2.46. The van der Waals surface area contributed by atoms with Gasteiger partial charge in [-0.1, -0.05) is 18.5 Å². The zero-order valence-corrected chi connectivity index (χ0v) is 12.3. The Morgan fingerprint density at radius 1 is 1.27 bits per heavy atom. The number of hydrogen-bond acceptors (Lipinski definition) is 5. The smallest absolute Gasteiger partial charge is 0.369 e. The van der Waals surface area contributed by atoms with Crippen molar-refractivity contribution in [3.63, 3.8) is 0 Å². The van der Waals surface area contributed by atoms with Gasteiger partial charge < -0.3 is 10.6 Å². The van der Waals surface area contributed by atoms with Crippen LogP contribution in [0.15, 0.2) is 24.4 Å². The van der Waals surface area contributed by atoms with Gasteiger partial charge in [-0.3, -0.25) is 0 Å². The van der Waals surface area contributed by atoms with Gasteiger partial charge in [0.2, 0.25) is 5.95 Å². The summed E-state index contributed by atoms with van der Waals surface area (Å²) in [5, 5.41) is 13.2. The molecule has 0 aliphatic rings. The standard InChI is InChI=1S/C13H13ClF3N5/c1-2-5-18-11-7-19-22-12(21-11)20-10-6-8(13(15,16)17)3-4-9(10)14/h3-4,6-7H,2,5H2,1H3,(H2,18,20,21,22). The van der Waals surface area contributed by atoms with Crippen molar-refractivity contribution in [2.45, 2.75) is 19.5 Å². The summed E-state index contributed by atoms with van der Waals surface area (Å²) in [4.78, 5) is 4.10. The third-order valence-corrected chi connectivity index (χ3v) is 2.98. The van der Waals surface area contributed by atoms with Crippen LogP contribution in [0.2, 0.25) is 5.02 Å². The minimum Gasteiger partial charge on any atom is -0.369 e. The second kappa shape index (κ2) is 6.78. The van der Waals surface area contributed by atoms with Gasteiger partial charge >= 0.3 is 6.18 Å². The van der Waals surface area contributed by atoms with E-state index in [9.17, 15) is 13.2 Å². The summed E-state index contributed by atoms with van der Waals surface area (Å²) in [6.45, 7) is 2.69. The minimum absolute atomic E-state index is 0.0577. The van der Waals surface area contributed by atoms with Crippen LogP contribution in [-0.2, 0) is 6.18 Å². The quantitative estimate of drug-likeness (QED) is 0.863. The molecule has 9 heteroatoms. The van der Waals surface area contributed by atoms with Crippen LogP contribution < -0.4 is 10.6 Å². The largest absolute Gasteiger partial charge is 0.416 e. The van der Waals surface area contributed by atoms with E-state index in [0.717, 1.165) is 18.6 Å². The number of alkyl halides is 3. The second-order valence-electron chi connectivity index (χ2n) is 4.41. The van der Waals surface area contributed by atoms with Crippen LogP contribution in [0.5, 0.6) is 0 Å². The van der Waals surface area contributed by atoms with Gasteiger partial charge in [-0.05, 0) is 24.6 Å². The van der Waals surface area contributed by atoms with Gasteiger partial charge in [0.1, 0.15) is 0 Å². The van der Waals surface area contributed by atoms with E-state index >= 15 is 0 Å². The fraction of sp³-hybridized carbons (Fsp3) is 0.308. The monoisotopic (exact) mass is 331 g/mol. The van der Waals surface area contributed by atoms with E-state index in [2.05, 4.69) is 25.8 Å². The Kier molecular flexibility index (Phi) is 5.02. The lowest BCUT2D eigenvalue weighted by molar-refractivity contribution is -0.137. The maximum Gasteiger partial charge on any atom is 0.416 e. The highest BCUT2D eigenvalue weighted by Gasteiger charge is 2.31. The molecule has 118 valence electrons. The highest BCUT2D eigenvalue weighted by molar-refractivity contribution is 6.33. The molecule has 2 aromatic rings.